The van der Waals surface area contributed by atoms with E-state index < -0.39 is 6.04 Å². The first kappa shape index (κ1) is 20.5. The molecule has 2 amide bonds. The summed E-state index contributed by atoms with van der Waals surface area (Å²) in [6.07, 6.45) is 0.837. The number of ether oxygens (including phenoxy) is 1. The molecule has 27 heavy (non-hydrogen) atoms. The zero-order valence-corrected chi connectivity index (χ0v) is 16.3. The summed E-state index contributed by atoms with van der Waals surface area (Å²) >= 11 is 0. The third-order valence-electron chi connectivity index (χ3n) is 4.47. The first-order chi connectivity index (χ1) is 13.0. The second-order valence-electron chi connectivity index (χ2n) is 6.34. The Kier molecular flexibility index (Phi) is 7.37. The van der Waals surface area contributed by atoms with Crippen LogP contribution in [0.25, 0.3) is 0 Å². The van der Waals surface area contributed by atoms with Gasteiger partial charge in [0.2, 0.25) is 11.8 Å². The van der Waals surface area contributed by atoms with E-state index in [1.54, 1.807) is 38.1 Å². The molecule has 0 fully saturated rings. The number of hydrogen-bond acceptors (Lipinski definition) is 4. The number of rotatable bonds is 8. The summed E-state index contributed by atoms with van der Waals surface area (Å²) in [5.74, 6) is 0.230. The van der Waals surface area contributed by atoms with Gasteiger partial charge in [0.05, 0.1) is 25.4 Å². The normalized spacial score (nSPS) is 11.7. The van der Waals surface area contributed by atoms with Crippen LogP contribution in [-0.4, -0.2) is 43.5 Å². The number of methoxy groups -OCH3 is 1. The van der Waals surface area contributed by atoms with Crippen molar-refractivity contribution in [1.29, 1.82) is 0 Å². The van der Waals surface area contributed by atoms with Crippen LogP contribution < -0.4 is 15.4 Å². The molecule has 1 atom stereocenters. The molecule has 2 N–H and O–H groups in total. The minimum Gasteiger partial charge on any atom is -0.495 e. The Morgan fingerprint density at radius 1 is 1.04 bits per heavy atom. The van der Waals surface area contributed by atoms with Crippen molar-refractivity contribution in [3.63, 3.8) is 0 Å². The lowest BCUT2D eigenvalue weighted by atomic mass is 10.1. The Hall–Kier alpha value is -2.86. The van der Waals surface area contributed by atoms with Gasteiger partial charge in [-0.25, -0.2) is 0 Å². The lowest BCUT2D eigenvalue weighted by molar-refractivity contribution is -0.122. The maximum Gasteiger partial charge on any atom is 0.241 e. The van der Waals surface area contributed by atoms with Gasteiger partial charge in [-0.1, -0.05) is 37.3 Å². The summed E-state index contributed by atoms with van der Waals surface area (Å²) in [7, 11) is 3.30. The number of likely N-dealkylation sites (N-methyl/N-ethyl adjacent to an activating group) is 1. The molecule has 0 saturated heterocycles. The molecule has 0 radical (unpaired) electrons. The van der Waals surface area contributed by atoms with E-state index in [0.717, 1.165) is 17.7 Å². The lowest BCUT2D eigenvalue weighted by Crippen LogP contribution is -2.43. The van der Waals surface area contributed by atoms with Crippen molar-refractivity contribution in [2.24, 2.45) is 0 Å². The largest absolute Gasteiger partial charge is 0.495 e. The molecule has 0 unspecified atom stereocenters. The fraction of sp³-hybridized carbons (Fsp3) is 0.333. The van der Waals surface area contributed by atoms with Crippen LogP contribution in [0.2, 0.25) is 0 Å². The van der Waals surface area contributed by atoms with E-state index in [1.807, 2.05) is 43.3 Å². The molecule has 2 aromatic carbocycles. The zero-order chi connectivity index (χ0) is 19.8. The molecular weight excluding hydrogens is 342 g/mol. The summed E-state index contributed by atoms with van der Waals surface area (Å²) in [6.45, 7) is 3.91. The quantitative estimate of drug-likeness (QED) is 0.750. The molecule has 0 saturated carbocycles. The Labute approximate surface area is 160 Å². The van der Waals surface area contributed by atoms with Crippen LogP contribution in [0, 0.1) is 0 Å². The maximum absolute atomic E-state index is 12.5. The molecule has 6 heteroatoms. The smallest absolute Gasteiger partial charge is 0.241 e. The van der Waals surface area contributed by atoms with Gasteiger partial charge in [-0.05, 0) is 44.2 Å². The number of anilines is 2. The van der Waals surface area contributed by atoms with E-state index in [9.17, 15) is 9.59 Å². The van der Waals surface area contributed by atoms with E-state index in [-0.39, 0.29) is 18.4 Å². The second kappa shape index (κ2) is 9.73. The van der Waals surface area contributed by atoms with Gasteiger partial charge in [0.25, 0.3) is 0 Å². The van der Waals surface area contributed by atoms with Crippen LogP contribution in [0.3, 0.4) is 0 Å². The van der Waals surface area contributed by atoms with Crippen molar-refractivity contribution < 1.29 is 14.3 Å². The number of aryl methyl sites for hydroxylation is 1. The van der Waals surface area contributed by atoms with E-state index in [4.69, 9.17) is 4.74 Å². The molecule has 0 aliphatic carbocycles. The van der Waals surface area contributed by atoms with Crippen LogP contribution in [0.5, 0.6) is 5.75 Å². The Bertz CT molecular complexity index is 792. The first-order valence-corrected chi connectivity index (χ1v) is 8.98. The van der Waals surface area contributed by atoms with E-state index in [2.05, 4.69) is 10.6 Å². The molecule has 2 rings (SSSR count). The summed E-state index contributed by atoms with van der Waals surface area (Å²) in [5, 5.41) is 5.77. The highest BCUT2D eigenvalue weighted by Gasteiger charge is 2.21. The van der Waals surface area contributed by atoms with Crippen LogP contribution in [0.1, 0.15) is 19.4 Å². The molecule has 0 aromatic heterocycles. The van der Waals surface area contributed by atoms with Gasteiger partial charge < -0.3 is 15.4 Å². The molecule has 0 aliphatic heterocycles. The number of nitrogens with zero attached hydrogens (tertiary/aromatic N) is 1. The van der Waals surface area contributed by atoms with Crippen molar-refractivity contribution in [2.45, 2.75) is 26.3 Å². The third kappa shape index (κ3) is 5.56. The van der Waals surface area contributed by atoms with Gasteiger partial charge >= 0.3 is 0 Å². The van der Waals surface area contributed by atoms with Crippen molar-refractivity contribution in [3.8, 4) is 5.75 Å². The highest BCUT2D eigenvalue weighted by molar-refractivity contribution is 5.97. The molecule has 0 heterocycles. The van der Waals surface area contributed by atoms with Crippen molar-refractivity contribution in [3.05, 3.63) is 54.1 Å². The number of para-hydroxylation sites is 3. The lowest BCUT2D eigenvalue weighted by Gasteiger charge is -2.24. The van der Waals surface area contributed by atoms with Crippen LogP contribution in [-0.2, 0) is 16.0 Å². The molecular formula is C21H27N3O3. The number of carbonyl (C=O) groups is 2. The molecule has 0 aliphatic rings. The highest BCUT2D eigenvalue weighted by Crippen LogP contribution is 2.23. The minimum atomic E-state index is -0.484. The average molecular weight is 369 g/mol. The van der Waals surface area contributed by atoms with Crippen molar-refractivity contribution >= 4 is 23.2 Å². The number of nitrogens with one attached hydrogen (secondary N) is 2. The van der Waals surface area contributed by atoms with Crippen molar-refractivity contribution in [2.75, 3.05) is 31.3 Å². The minimum absolute atomic E-state index is 0.110. The topological polar surface area (TPSA) is 70.7 Å². The highest BCUT2D eigenvalue weighted by atomic mass is 16.5. The number of benzene rings is 2. The Morgan fingerprint density at radius 2 is 1.67 bits per heavy atom. The summed E-state index contributed by atoms with van der Waals surface area (Å²) in [4.78, 5) is 26.6. The molecule has 0 spiro atoms. The Morgan fingerprint density at radius 3 is 2.33 bits per heavy atom. The van der Waals surface area contributed by atoms with E-state index in [0.29, 0.717) is 11.4 Å². The number of amides is 2. The summed E-state index contributed by atoms with van der Waals surface area (Å²) in [5.41, 5.74) is 2.49. The van der Waals surface area contributed by atoms with Gasteiger partial charge in [-0.2, -0.15) is 0 Å². The van der Waals surface area contributed by atoms with Crippen molar-refractivity contribution in [1.82, 2.24) is 4.90 Å². The number of hydrogen-bond donors (Lipinski definition) is 2. The monoisotopic (exact) mass is 369 g/mol. The SMILES string of the molecule is CCc1ccccc1NC(=O)CN(C)[C@@H](C)C(=O)Nc1ccccc1OC. The summed E-state index contributed by atoms with van der Waals surface area (Å²) in [6, 6.07) is 14.4. The maximum atomic E-state index is 12.5. The van der Waals surface area contributed by atoms with E-state index in [1.165, 1.54) is 0 Å². The molecule has 6 nitrogen and oxygen atoms in total. The first-order valence-electron chi connectivity index (χ1n) is 8.98. The standard InChI is InChI=1S/C21H27N3O3/c1-5-16-10-6-7-11-17(16)22-20(25)14-24(3)15(2)21(26)23-18-12-8-9-13-19(18)27-4/h6-13,15H,5,14H2,1-4H3,(H,22,25)(H,23,26)/t15-/m0/s1. The molecule has 2 aromatic rings. The molecule has 144 valence electrons. The summed E-state index contributed by atoms with van der Waals surface area (Å²) < 4.78 is 5.25. The molecule has 0 bridgehead atoms. The van der Waals surface area contributed by atoms with Gasteiger partial charge in [0, 0.05) is 5.69 Å². The van der Waals surface area contributed by atoms with Gasteiger partial charge in [-0.3, -0.25) is 14.5 Å². The fourth-order valence-corrected chi connectivity index (χ4v) is 2.69. The predicted molar refractivity (Wildman–Crippen MR) is 108 cm³/mol. The van der Waals surface area contributed by atoms with Gasteiger partial charge in [0.15, 0.2) is 0 Å². The van der Waals surface area contributed by atoms with Gasteiger partial charge in [-0.15, -0.1) is 0 Å². The van der Waals surface area contributed by atoms with Crippen LogP contribution in [0.4, 0.5) is 11.4 Å². The van der Waals surface area contributed by atoms with Crippen LogP contribution >= 0.6 is 0 Å². The fourth-order valence-electron chi connectivity index (χ4n) is 2.69. The zero-order valence-electron chi connectivity index (χ0n) is 16.3. The third-order valence-corrected chi connectivity index (χ3v) is 4.47. The van der Waals surface area contributed by atoms with Crippen LogP contribution in [0.15, 0.2) is 48.5 Å². The predicted octanol–water partition coefficient (Wildman–Crippen LogP) is 3.16. The second-order valence-corrected chi connectivity index (χ2v) is 6.34. The van der Waals surface area contributed by atoms with Gasteiger partial charge in [0.1, 0.15) is 5.75 Å². The average Bonchev–Trinajstić information content (AvgIpc) is 2.68. The Balaban J connectivity index is 1.95. The van der Waals surface area contributed by atoms with E-state index >= 15 is 0 Å². The number of carbonyl (C=O) groups excluding carboxylic acids is 2.